The normalized spacial score (nSPS) is 18.8. The zero-order valence-corrected chi connectivity index (χ0v) is 18.4. The van der Waals surface area contributed by atoms with E-state index in [1.165, 1.54) is 31.2 Å². The quantitative estimate of drug-likeness (QED) is 0.642. The predicted octanol–water partition coefficient (Wildman–Crippen LogP) is 2.47. The van der Waals surface area contributed by atoms with Crippen molar-refractivity contribution < 1.29 is 13.2 Å². The summed E-state index contributed by atoms with van der Waals surface area (Å²) in [5, 5.41) is 2.94. The summed E-state index contributed by atoms with van der Waals surface area (Å²) in [7, 11) is -3.58. The fraction of sp³-hybridized carbons (Fsp3) is 0.682. The highest BCUT2D eigenvalue weighted by atomic mass is 32.2. The highest BCUT2D eigenvalue weighted by Crippen LogP contribution is 2.24. The van der Waals surface area contributed by atoms with Gasteiger partial charge in [-0.2, -0.15) is 0 Å². The largest absolute Gasteiger partial charge is 0.356 e. The van der Waals surface area contributed by atoms with Crippen LogP contribution in [0.5, 0.6) is 0 Å². The van der Waals surface area contributed by atoms with Crippen molar-refractivity contribution in [2.45, 2.75) is 63.2 Å². The minimum absolute atomic E-state index is 0.108. The summed E-state index contributed by atoms with van der Waals surface area (Å²) < 4.78 is 27.6. The molecule has 29 heavy (non-hydrogen) atoms. The Morgan fingerprint density at radius 2 is 1.79 bits per heavy atom. The molecule has 1 atom stereocenters. The average molecular weight is 422 g/mol. The summed E-state index contributed by atoms with van der Waals surface area (Å²) >= 11 is 0. The second-order valence-corrected chi connectivity index (χ2v) is 10.3. The van der Waals surface area contributed by atoms with Crippen LogP contribution in [0.3, 0.4) is 0 Å². The number of hydrogen-bond donors (Lipinski definition) is 2. The van der Waals surface area contributed by atoms with Gasteiger partial charge in [-0.1, -0.05) is 19.4 Å². The molecule has 0 saturated carbocycles. The molecule has 2 N–H and O–H groups in total. The lowest BCUT2D eigenvalue weighted by Gasteiger charge is -2.29. The molecule has 1 aromatic rings. The SMILES string of the molecule is CC(CNC(=O)CCNS(=O)(=O)c1ccc2c(c1)CCCC2)CN1CCCCC1. The molecule has 1 saturated heterocycles. The molecule has 0 radical (unpaired) electrons. The van der Waals surface area contributed by atoms with Crippen LogP contribution in [-0.2, 0) is 27.7 Å². The number of hydrogen-bond acceptors (Lipinski definition) is 4. The maximum absolute atomic E-state index is 12.5. The maximum Gasteiger partial charge on any atom is 0.240 e. The smallest absolute Gasteiger partial charge is 0.240 e. The number of carbonyl (C=O) groups is 1. The number of nitrogens with one attached hydrogen (secondary N) is 2. The first kappa shape index (κ1) is 22.2. The van der Waals surface area contributed by atoms with E-state index in [-0.39, 0.29) is 18.9 Å². The molecule has 7 heteroatoms. The number of fused-ring (bicyclic) bond motifs is 1. The van der Waals surface area contributed by atoms with Gasteiger partial charge in [0.25, 0.3) is 0 Å². The molecule has 0 aromatic heterocycles. The number of carbonyl (C=O) groups excluding carboxylic acids is 1. The number of piperidine rings is 1. The lowest BCUT2D eigenvalue weighted by atomic mass is 9.92. The third-order valence-corrected chi connectivity index (χ3v) is 7.40. The molecule has 0 spiro atoms. The van der Waals surface area contributed by atoms with Crippen molar-refractivity contribution in [2.24, 2.45) is 5.92 Å². The molecule has 1 aliphatic carbocycles. The van der Waals surface area contributed by atoms with Crippen molar-refractivity contribution in [1.82, 2.24) is 14.9 Å². The zero-order chi connectivity index (χ0) is 20.7. The number of aryl methyl sites for hydroxylation is 2. The van der Waals surface area contributed by atoms with Crippen LogP contribution in [0.1, 0.15) is 56.6 Å². The van der Waals surface area contributed by atoms with Gasteiger partial charge in [-0.25, -0.2) is 13.1 Å². The summed E-state index contributed by atoms with van der Waals surface area (Å²) in [4.78, 5) is 14.9. The predicted molar refractivity (Wildman–Crippen MR) is 115 cm³/mol. The molecule has 1 aliphatic heterocycles. The van der Waals surface area contributed by atoms with Crippen LogP contribution in [0.15, 0.2) is 23.1 Å². The second-order valence-electron chi connectivity index (χ2n) is 8.56. The Labute approximate surface area is 175 Å². The highest BCUT2D eigenvalue weighted by molar-refractivity contribution is 7.89. The van der Waals surface area contributed by atoms with E-state index in [9.17, 15) is 13.2 Å². The van der Waals surface area contributed by atoms with Gasteiger partial charge in [0, 0.05) is 26.1 Å². The van der Waals surface area contributed by atoms with Gasteiger partial charge < -0.3 is 10.2 Å². The van der Waals surface area contributed by atoms with E-state index < -0.39 is 10.0 Å². The summed E-state index contributed by atoms with van der Waals surface area (Å²) in [6.45, 7) is 6.21. The van der Waals surface area contributed by atoms with Crippen molar-refractivity contribution in [3.63, 3.8) is 0 Å². The van der Waals surface area contributed by atoms with Gasteiger partial charge in [0.05, 0.1) is 4.90 Å². The van der Waals surface area contributed by atoms with Crippen molar-refractivity contribution in [1.29, 1.82) is 0 Å². The number of amides is 1. The average Bonchev–Trinajstić information content (AvgIpc) is 2.72. The molecule has 3 rings (SSSR count). The molecule has 6 nitrogen and oxygen atoms in total. The lowest BCUT2D eigenvalue weighted by Crippen LogP contribution is -2.38. The lowest BCUT2D eigenvalue weighted by molar-refractivity contribution is -0.121. The Morgan fingerprint density at radius 1 is 1.07 bits per heavy atom. The van der Waals surface area contributed by atoms with Gasteiger partial charge in [-0.3, -0.25) is 4.79 Å². The number of benzene rings is 1. The van der Waals surface area contributed by atoms with E-state index in [0.717, 1.165) is 44.5 Å². The van der Waals surface area contributed by atoms with E-state index in [1.807, 2.05) is 6.07 Å². The van der Waals surface area contributed by atoms with E-state index in [4.69, 9.17) is 0 Å². The van der Waals surface area contributed by atoms with Crippen LogP contribution < -0.4 is 10.0 Å². The van der Waals surface area contributed by atoms with Gasteiger partial charge in [0.15, 0.2) is 0 Å². The number of likely N-dealkylation sites (tertiary alicyclic amines) is 1. The van der Waals surface area contributed by atoms with E-state index in [0.29, 0.717) is 17.4 Å². The molecular formula is C22H35N3O3S. The van der Waals surface area contributed by atoms with Gasteiger partial charge in [0.2, 0.25) is 15.9 Å². The molecule has 1 fully saturated rings. The van der Waals surface area contributed by atoms with E-state index >= 15 is 0 Å². The third-order valence-electron chi connectivity index (χ3n) is 5.94. The maximum atomic E-state index is 12.5. The van der Waals surface area contributed by atoms with Gasteiger partial charge in [-0.05, 0) is 80.8 Å². The first-order chi connectivity index (χ1) is 13.9. The molecule has 1 unspecified atom stereocenters. The molecule has 1 aromatic carbocycles. The number of rotatable bonds is 9. The topological polar surface area (TPSA) is 78.5 Å². The Kier molecular flexibility index (Phi) is 8.09. The van der Waals surface area contributed by atoms with E-state index in [2.05, 4.69) is 21.9 Å². The molecule has 2 aliphatic rings. The van der Waals surface area contributed by atoms with Crippen LogP contribution in [-0.4, -0.2) is 51.9 Å². The van der Waals surface area contributed by atoms with Crippen molar-refractivity contribution in [2.75, 3.05) is 32.7 Å². The third kappa shape index (κ3) is 6.79. The zero-order valence-electron chi connectivity index (χ0n) is 17.6. The summed E-state index contributed by atoms with van der Waals surface area (Å²) in [6, 6.07) is 5.40. The second kappa shape index (κ2) is 10.5. The van der Waals surface area contributed by atoms with E-state index in [1.54, 1.807) is 12.1 Å². The van der Waals surface area contributed by atoms with Crippen LogP contribution in [0.25, 0.3) is 0 Å². The van der Waals surface area contributed by atoms with Crippen molar-refractivity contribution in [3.05, 3.63) is 29.3 Å². The van der Waals surface area contributed by atoms with Gasteiger partial charge >= 0.3 is 0 Å². The number of nitrogens with zero attached hydrogens (tertiary/aromatic N) is 1. The fourth-order valence-corrected chi connectivity index (χ4v) is 5.37. The van der Waals surface area contributed by atoms with Crippen molar-refractivity contribution in [3.8, 4) is 0 Å². The molecule has 1 amide bonds. The van der Waals surface area contributed by atoms with Crippen LogP contribution in [0, 0.1) is 5.92 Å². The summed E-state index contributed by atoms with van der Waals surface area (Å²) in [6.07, 6.45) is 8.26. The Bertz CT molecular complexity index is 788. The minimum atomic E-state index is -3.58. The van der Waals surface area contributed by atoms with Crippen LogP contribution in [0.4, 0.5) is 0 Å². The minimum Gasteiger partial charge on any atom is -0.356 e. The molecular weight excluding hydrogens is 386 g/mol. The Balaban J connectivity index is 1.38. The first-order valence-electron chi connectivity index (χ1n) is 11.0. The standard InChI is InChI=1S/C22H35N3O3S/c1-18(17-25-13-5-2-6-14-25)16-23-22(26)11-12-24-29(27,28)21-10-9-19-7-3-4-8-20(19)15-21/h9-10,15,18,24H,2-8,11-14,16-17H2,1H3,(H,23,26). The first-order valence-corrected chi connectivity index (χ1v) is 12.5. The monoisotopic (exact) mass is 421 g/mol. The molecule has 162 valence electrons. The van der Waals surface area contributed by atoms with Crippen molar-refractivity contribution >= 4 is 15.9 Å². The molecule has 1 heterocycles. The Morgan fingerprint density at radius 3 is 2.55 bits per heavy atom. The fourth-order valence-electron chi connectivity index (χ4n) is 4.28. The highest BCUT2D eigenvalue weighted by Gasteiger charge is 2.18. The number of sulfonamides is 1. The van der Waals surface area contributed by atoms with Crippen LogP contribution >= 0.6 is 0 Å². The molecule has 0 bridgehead atoms. The van der Waals surface area contributed by atoms with Gasteiger partial charge in [-0.15, -0.1) is 0 Å². The summed E-state index contributed by atoms with van der Waals surface area (Å²) in [5.74, 6) is 0.285. The van der Waals surface area contributed by atoms with Gasteiger partial charge in [0.1, 0.15) is 0 Å². The van der Waals surface area contributed by atoms with Crippen LogP contribution in [0.2, 0.25) is 0 Å². The summed E-state index contributed by atoms with van der Waals surface area (Å²) in [5.41, 5.74) is 2.40. The Hall–Kier alpha value is -1.44.